The first-order valence-electron chi connectivity index (χ1n) is 6.17. The minimum Gasteiger partial charge on any atom is -0.319 e. The Labute approximate surface area is 104 Å². The van der Waals surface area contributed by atoms with Crippen molar-refractivity contribution in [2.75, 3.05) is 27.7 Å². The van der Waals surface area contributed by atoms with Crippen molar-refractivity contribution >= 4 is 0 Å². The van der Waals surface area contributed by atoms with Gasteiger partial charge in [0.15, 0.2) is 0 Å². The Hall–Kier alpha value is -0.930. The Morgan fingerprint density at radius 2 is 1.94 bits per heavy atom. The molecule has 0 bridgehead atoms. The SMILES string of the molecule is CCC(CNC)C(c1ccccc1F)N(C)C. The van der Waals surface area contributed by atoms with Crippen LogP contribution < -0.4 is 5.32 Å². The van der Waals surface area contributed by atoms with E-state index < -0.39 is 0 Å². The molecule has 0 saturated heterocycles. The van der Waals surface area contributed by atoms with Gasteiger partial charge in [0, 0.05) is 11.6 Å². The summed E-state index contributed by atoms with van der Waals surface area (Å²) in [6, 6.07) is 7.19. The lowest BCUT2D eigenvalue weighted by molar-refractivity contribution is 0.199. The topological polar surface area (TPSA) is 15.3 Å². The second-order valence-electron chi connectivity index (χ2n) is 4.66. The molecule has 0 spiro atoms. The highest BCUT2D eigenvalue weighted by Crippen LogP contribution is 2.30. The summed E-state index contributed by atoms with van der Waals surface area (Å²) < 4.78 is 13.9. The summed E-state index contributed by atoms with van der Waals surface area (Å²) in [5, 5.41) is 3.19. The molecule has 0 amide bonds. The van der Waals surface area contributed by atoms with Crippen LogP contribution in [0.15, 0.2) is 24.3 Å². The molecule has 0 heterocycles. The highest BCUT2D eigenvalue weighted by Gasteiger charge is 2.25. The van der Waals surface area contributed by atoms with E-state index in [0.717, 1.165) is 18.5 Å². The number of hydrogen-bond acceptors (Lipinski definition) is 2. The van der Waals surface area contributed by atoms with Crippen molar-refractivity contribution in [1.29, 1.82) is 0 Å². The van der Waals surface area contributed by atoms with E-state index in [1.54, 1.807) is 6.07 Å². The smallest absolute Gasteiger partial charge is 0.127 e. The van der Waals surface area contributed by atoms with Crippen LogP contribution in [-0.4, -0.2) is 32.6 Å². The molecule has 2 nitrogen and oxygen atoms in total. The first kappa shape index (κ1) is 14.1. The summed E-state index contributed by atoms with van der Waals surface area (Å²) in [7, 11) is 5.96. The Kier molecular flexibility index (Phi) is 5.59. The van der Waals surface area contributed by atoms with Gasteiger partial charge in [-0.2, -0.15) is 0 Å². The maximum absolute atomic E-state index is 13.9. The lowest BCUT2D eigenvalue weighted by Crippen LogP contribution is -2.33. The molecular weight excluding hydrogens is 215 g/mol. The molecule has 1 rings (SSSR count). The van der Waals surface area contributed by atoms with Gasteiger partial charge in [0.05, 0.1) is 0 Å². The zero-order valence-corrected chi connectivity index (χ0v) is 11.2. The number of benzene rings is 1. The van der Waals surface area contributed by atoms with Gasteiger partial charge in [-0.05, 0) is 39.7 Å². The molecule has 0 aliphatic rings. The maximum Gasteiger partial charge on any atom is 0.127 e. The highest BCUT2D eigenvalue weighted by atomic mass is 19.1. The largest absolute Gasteiger partial charge is 0.319 e. The van der Waals surface area contributed by atoms with Crippen molar-refractivity contribution in [1.82, 2.24) is 10.2 Å². The van der Waals surface area contributed by atoms with Gasteiger partial charge in [-0.25, -0.2) is 4.39 Å². The van der Waals surface area contributed by atoms with Gasteiger partial charge in [-0.15, -0.1) is 0 Å². The van der Waals surface area contributed by atoms with Crippen molar-refractivity contribution in [2.45, 2.75) is 19.4 Å². The molecule has 2 atom stereocenters. The van der Waals surface area contributed by atoms with Crippen LogP contribution in [0.4, 0.5) is 4.39 Å². The van der Waals surface area contributed by atoms with Crippen molar-refractivity contribution in [3.8, 4) is 0 Å². The molecule has 17 heavy (non-hydrogen) atoms. The summed E-state index contributed by atoms with van der Waals surface area (Å²) in [4.78, 5) is 2.10. The summed E-state index contributed by atoms with van der Waals surface area (Å²) in [6.07, 6.45) is 1.03. The van der Waals surface area contributed by atoms with E-state index in [9.17, 15) is 4.39 Å². The molecule has 1 aromatic rings. The van der Waals surface area contributed by atoms with E-state index in [2.05, 4.69) is 17.1 Å². The van der Waals surface area contributed by atoms with E-state index in [1.807, 2.05) is 33.3 Å². The first-order valence-corrected chi connectivity index (χ1v) is 6.17. The number of rotatable bonds is 6. The van der Waals surface area contributed by atoms with E-state index in [4.69, 9.17) is 0 Å². The van der Waals surface area contributed by atoms with E-state index in [1.165, 1.54) is 6.07 Å². The van der Waals surface area contributed by atoms with Crippen LogP contribution in [0.25, 0.3) is 0 Å². The van der Waals surface area contributed by atoms with E-state index in [0.29, 0.717) is 5.92 Å². The van der Waals surface area contributed by atoms with Crippen LogP contribution >= 0.6 is 0 Å². The quantitative estimate of drug-likeness (QED) is 0.819. The van der Waals surface area contributed by atoms with Gasteiger partial charge < -0.3 is 10.2 Å². The van der Waals surface area contributed by atoms with Gasteiger partial charge in [0.1, 0.15) is 5.82 Å². The van der Waals surface area contributed by atoms with Crippen LogP contribution in [0.2, 0.25) is 0 Å². The van der Waals surface area contributed by atoms with Gasteiger partial charge in [0.25, 0.3) is 0 Å². The third kappa shape index (κ3) is 3.51. The van der Waals surface area contributed by atoms with Gasteiger partial charge in [-0.1, -0.05) is 31.5 Å². The summed E-state index contributed by atoms with van der Waals surface area (Å²) in [5.74, 6) is 0.299. The van der Waals surface area contributed by atoms with E-state index >= 15 is 0 Å². The molecule has 0 fully saturated rings. The molecule has 0 aromatic heterocycles. The van der Waals surface area contributed by atoms with Crippen LogP contribution in [0.1, 0.15) is 24.9 Å². The maximum atomic E-state index is 13.9. The predicted octanol–water partition coefficient (Wildman–Crippen LogP) is 2.67. The fraction of sp³-hybridized carbons (Fsp3) is 0.571. The van der Waals surface area contributed by atoms with Gasteiger partial charge in [-0.3, -0.25) is 0 Å². The van der Waals surface area contributed by atoms with Crippen molar-refractivity contribution < 1.29 is 4.39 Å². The molecule has 0 radical (unpaired) electrons. The summed E-state index contributed by atoms with van der Waals surface area (Å²) >= 11 is 0. The average molecular weight is 238 g/mol. The fourth-order valence-corrected chi connectivity index (χ4v) is 2.41. The third-order valence-electron chi connectivity index (χ3n) is 3.22. The van der Waals surface area contributed by atoms with Crippen molar-refractivity contribution in [3.63, 3.8) is 0 Å². The standard InChI is InChI=1S/C14H23FN2/c1-5-11(10-16-2)14(17(3)4)12-8-6-7-9-13(12)15/h6-9,11,14,16H,5,10H2,1-4H3. The lowest BCUT2D eigenvalue weighted by Gasteiger charge is -2.32. The molecule has 0 aliphatic heterocycles. The molecule has 3 heteroatoms. The zero-order chi connectivity index (χ0) is 12.8. The van der Waals surface area contributed by atoms with Gasteiger partial charge in [0.2, 0.25) is 0 Å². The lowest BCUT2D eigenvalue weighted by atomic mass is 9.89. The monoisotopic (exact) mass is 238 g/mol. The predicted molar refractivity (Wildman–Crippen MR) is 70.5 cm³/mol. The van der Waals surface area contributed by atoms with E-state index in [-0.39, 0.29) is 11.9 Å². The summed E-state index contributed by atoms with van der Waals surface area (Å²) in [5.41, 5.74) is 0.791. The Morgan fingerprint density at radius 3 is 2.41 bits per heavy atom. The minimum atomic E-state index is -0.110. The molecule has 1 N–H and O–H groups in total. The second kappa shape index (κ2) is 6.72. The van der Waals surface area contributed by atoms with Crippen LogP contribution in [0.5, 0.6) is 0 Å². The third-order valence-corrected chi connectivity index (χ3v) is 3.22. The van der Waals surface area contributed by atoms with Crippen LogP contribution in [-0.2, 0) is 0 Å². The molecule has 1 aromatic carbocycles. The number of halogens is 1. The van der Waals surface area contributed by atoms with Crippen LogP contribution in [0, 0.1) is 11.7 Å². The highest BCUT2D eigenvalue weighted by molar-refractivity contribution is 5.22. The zero-order valence-electron chi connectivity index (χ0n) is 11.2. The Bertz CT molecular complexity index is 339. The van der Waals surface area contributed by atoms with Crippen molar-refractivity contribution in [3.05, 3.63) is 35.6 Å². The summed E-state index contributed by atoms with van der Waals surface area (Å²) in [6.45, 7) is 3.05. The Morgan fingerprint density at radius 1 is 1.29 bits per heavy atom. The molecule has 2 unspecified atom stereocenters. The molecule has 0 aliphatic carbocycles. The molecule has 0 saturated carbocycles. The minimum absolute atomic E-state index is 0.110. The van der Waals surface area contributed by atoms with Crippen molar-refractivity contribution in [2.24, 2.45) is 5.92 Å². The number of nitrogens with one attached hydrogen (secondary N) is 1. The average Bonchev–Trinajstić information content (AvgIpc) is 2.30. The fourth-order valence-electron chi connectivity index (χ4n) is 2.41. The Balaban J connectivity index is 3.04. The number of hydrogen-bond donors (Lipinski definition) is 1. The first-order chi connectivity index (χ1) is 8.11. The molecular formula is C14H23FN2. The number of nitrogens with zero attached hydrogens (tertiary/aromatic N) is 1. The second-order valence-corrected chi connectivity index (χ2v) is 4.66. The normalized spacial score (nSPS) is 14.9. The molecule has 96 valence electrons. The van der Waals surface area contributed by atoms with Gasteiger partial charge >= 0.3 is 0 Å². The van der Waals surface area contributed by atoms with Crippen LogP contribution in [0.3, 0.4) is 0 Å².